The van der Waals surface area contributed by atoms with Crippen molar-refractivity contribution in [1.29, 1.82) is 0 Å². The van der Waals surface area contributed by atoms with Crippen molar-refractivity contribution >= 4 is 23.9 Å². The predicted molar refractivity (Wildman–Crippen MR) is 156 cm³/mol. The summed E-state index contributed by atoms with van der Waals surface area (Å²) in [5.41, 5.74) is 2.58. The molecule has 3 aromatic rings. The number of rotatable bonds is 12. The van der Waals surface area contributed by atoms with Crippen LogP contribution in [0.4, 0.5) is 0 Å². The van der Waals surface area contributed by atoms with Gasteiger partial charge in [-0.05, 0) is 73.4 Å². The number of benzene rings is 3. The minimum atomic E-state index is -0.693. The van der Waals surface area contributed by atoms with E-state index in [0.717, 1.165) is 17.2 Å². The molecule has 0 radical (unpaired) electrons. The molecule has 0 atom stereocenters. The van der Waals surface area contributed by atoms with E-state index in [1.807, 2.05) is 0 Å². The van der Waals surface area contributed by atoms with E-state index in [2.05, 4.69) is 19.7 Å². The third kappa shape index (κ3) is 8.53. The SMILES string of the molecule is C=CC(=O)Oc1ccc(-c2ccc(OC(=O)CCc3ccc(OC(=O)C(=C)C)c(OC(=O)C(=C)C)c3)c(OC)c2)cc1. The Kier molecular flexibility index (Phi) is 10.6. The van der Waals surface area contributed by atoms with Crippen molar-refractivity contribution in [2.24, 2.45) is 0 Å². The summed E-state index contributed by atoms with van der Waals surface area (Å²) >= 11 is 0. The zero-order chi connectivity index (χ0) is 30.8. The summed E-state index contributed by atoms with van der Waals surface area (Å²) in [5.74, 6) is -1.44. The van der Waals surface area contributed by atoms with Gasteiger partial charge in [0.2, 0.25) is 0 Å². The van der Waals surface area contributed by atoms with Crippen LogP contribution >= 0.6 is 0 Å². The molecule has 0 aliphatic rings. The second kappa shape index (κ2) is 14.3. The zero-order valence-electron chi connectivity index (χ0n) is 23.6. The fourth-order valence-corrected chi connectivity index (χ4v) is 3.47. The van der Waals surface area contributed by atoms with Crippen LogP contribution < -0.4 is 23.7 Å². The fraction of sp³-hybridized carbons (Fsp3) is 0.152. The molecule has 3 aromatic carbocycles. The number of carbonyl (C=O) groups excluding carboxylic acids is 4. The lowest BCUT2D eigenvalue weighted by molar-refractivity contribution is -0.134. The molecule has 42 heavy (non-hydrogen) atoms. The lowest BCUT2D eigenvalue weighted by Gasteiger charge is -2.13. The van der Waals surface area contributed by atoms with Crippen LogP contribution in [0, 0.1) is 0 Å². The second-order valence-electron chi connectivity index (χ2n) is 9.11. The molecular formula is C33H30O9. The van der Waals surface area contributed by atoms with Crippen molar-refractivity contribution in [2.75, 3.05) is 7.11 Å². The third-order valence-electron chi connectivity index (χ3n) is 5.69. The Morgan fingerprint density at radius 3 is 1.86 bits per heavy atom. The molecule has 0 bridgehead atoms. The van der Waals surface area contributed by atoms with Gasteiger partial charge in [0.1, 0.15) is 5.75 Å². The highest BCUT2D eigenvalue weighted by atomic mass is 16.6. The summed E-state index contributed by atoms with van der Waals surface area (Å²) in [7, 11) is 1.46. The van der Waals surface area contributed by atoms with Crippen LogP contribution in [0.2, 0.25) is 0 Å². The van der Waals surface area contributed by atoms with Crippen molar-refractivity contribution in [3.05, 3.63) is 103 Å². The van der Waals surface area contributed by atoms with E-state index in [-0.39, 0.29) is 41.2 Å². The molecule has 3 rings (SSSR count). The number of esters is 4. The van der Waals surface area contributed by atoms with Gasteiger partial charge in [-0.15, -0.1) is 0 Å². The Hall–Kier alpha value is -5.44. The molecule has 9 heteroatoms. The van der Waals surface area contributed by atoms with Crippen molar-refractivity contribution in [3.8, 4) is 39.9 Å². The number of aryl methyl sites for hydroxylation is 1. The predicted octanol–water partition coefficient (Wildman–Crippen LogP) is 5.95. The molecule has 0 N–H and O–H groups in total. The van der Waals surface area contributed by atoms with Gasteiger partial charge in [-0.3, -0.25) is 4.79 Å². The van der Waals surface area contributed by atoms with Gasteiger partial charge in [-0.2, -0.15) is 0 Å². The molecule has 0 aliphatic carbocycles. The number of hydrogen-bond acceptors (Lipinski definition) is 9. The first-order valence-electron chi connectivity index (χ1n) is 12.7. The van der Waals surface area contributed by atoms with Gasteiger partial charge in [-0.25, -0.2) is 14.4 Å². The molecule has 0 spiro atoms. The Bertz CT molecular complexity index is 1550. The van der Waals surface area contributed by atoms with Crippen LogP contribution in [0.25, 0.3) is 11.1 Å². The van der Waals surface area contributed by atoms with E-state index in [1.54, 1.807) is 48.5 Å². The average Bonchev–Trinajstić information content (AvgIpc) is 2.97. The molecule has 0 amide bonds. The van der Waals surface area contributed by atoms with Crippen LogP contribution in [-0.4, -0.2) is 31.0 Å². The summed E-state index contributed by atoms with van der Waals surface area (Å²) in [6, 6.07) is 16.6. The highest BCUT2D eigenvalue weighted by Crippen LogP contribution is 2.34. The van der Waals surface area contributed by atoms with Crippen LogP contribution in [0.15, 0.2) is 97.6 Å². The standard InChI is InChI=1S/C33H30O9/c1-7-30(34)39-25-13-10-23(11-14-25)24-12-16-26(28(19-24)38-6)40-31(35)17-9-22-8-15-27(41-32(36)20(2)3)29(18-22)42-33(37)21(4)5/h7-8,10-16,18-19H,1-2,4,9,17H2,3,5-6H3. The van der Waals surface area contributed by atoms with Crippen molar-refractivity contribution in [2.45, 2.75) is 26.7 Å². The number of methoxy groups -OCH3 is 1. The van der Waals surface area contributed by atoms with Gasteiger partial charge in [0.05, 0.1) is 7.11 Å². The number of hydrogen-bond donors (Lipinski definition) is 0. The largest absolute Gasteiger partial charge is 0.493 e. The van der Waals surface area contributed by atoms with Crippen LogP contribution in [0.1, 0.15) is 25.8 Å². The van der Waals surface area contributed by atoms with Crippen molar-refractivity contribution < 1.29 is 42.9 Å². The van der Waals surface area contributed by atoms with E-state index >= 15 is 0 Å². The van der Waals surface area contributed by atoms with E-state index < -0.39 is 23.9 Å². The molecule has 9 nitrogen and oxygen atoms in total. The van der Waals surface area contributed by atoms with E-state index in [9.17, 15) is 19.2 Å². The minimum Gasteiger partial charge on any atom is -0.493 e. The molecule has 0 aliphatic heterocycles. The maximum atomic E-state index is 12.7. The molecule has 0 saturated carbocycles. The van der Waals surface area contributed by atoms with Gasteiger partial charge in [0.15, 0.2) is 23.0 Å². The summed E-state index contributed by atoms with van der Waals surface area (Å²) in [5, 5.41) is 0. The van der Waals surface area contributed by atoms with Gasteiger partial charge >= 0.3 is 23.9 Å². The normalized spacial score (nSPS) is 10.2. The summed E-state index contributed by atoms with van der Waals surface area (Å²) in [6.45, 7) is 13.5. The van der Waals surface area contributed by atoms with Gasteiger partial charge in [0, 0.05) is 23.6 Å². The molecule has 0 saturated heterocycles. The Morgan fingerprint density at radius 2 is 1.26 bits per heavy atom. The summed E-state index contributed by atoms with van der Waals surface area (Å²) < 4.78 is 26.7. The first-order chi connectivity index (χ1) is 20.0. The first kappa shape index (κ1) is 31.1. The maximum Gasteiger partial charge on any atom is 0.338 e. The maximum absolute atomic E-state index is 12.7. The first-order valence-corrected chi connectivity index (χ1v) is 12.7. The average molecular weight is 571 g/mol. The molecule has 0 unspecified atom stereocenters. The van der Waals surface area contributed by atoms with Gasteiger partial charge in [-0.1, -0.05) is 44.0 Å². The number of carbonyl (C=O) groups is 4. The number of ether oxygens (including phenoxy) is 5. The smallest absolute Gasteiger partial charge is 0.338 e. The van der Waals surface area contributed by atoms with Gasteiger partial charge in [0.25, 0.3) is 0 Å². The minimum absolute atomic E-state index is 0.00539. The fourth-order valence-electron chi connectivity index (χ4n) is 3.47. The van der Waals surface area contributed by atoms with E-state index in [0.29, 0.717) is 17.1 Å². The van der Waals surface area contributed by atoms with E-state index in [1.165, 1.54) is 33.1 Å². The van der Waals surface area contributed by atoms with Crippen molar-refractivity contribution in [3.63, 3.8) is 0 Å². The zero-order valence-corrected chi connectivity index (χ0v) is 23.6. The van der Waals surface area contributed by atoms with Gasteiger partial charge < -0.3 is 23.7 Å². The van der Waals surface area contributed by atoms with Crippen molar-refractivity contribution in [1.82, 2.24) is 0 Å². The summed E-state index contributed by atoms with van der Waals surface area (Å²) in [4.78, 5) is 48.2. The molecule has 0 heterocycles. The lowest BCUT2D eigenvalue weighted by atomic mass is 10.0. The van der Waals surface area contributed by atoms with Crippen LogP contribution in [0.3, 0.4) is 0 Å². The summed E-state index contributed by atoms with van der Waals surface area (Å²) in [6.07, 6.45) is 1.32. The van der Waals surface area contributed by atoms with Crippen LogP contribution in [-0.2, 0) is 25.6 Å². The molecular weight excluding hydrogens is 540 g/mol. The quantitative estimate of drug-likeness (QED) is 0.148. The van der Waals surface area contributed by atoms with Crippen LogP contribution in [0.5, 0.6) is 28.7 Å². The highest BCUT2D eigenvalue weighted by Gasteiger charge is 2.17. The second-order valence-corrected chi connectivity index (χ2v) is 9.11. The highest BCUT2D eigenvalue weighted by molar-refractivity contribution is 5.91. The molecule has 0 fully saturated rings. The monoisotopic (exact) mass is 570 g/mol. The third-order valence-corrected chi connectivity index (χ3v) is 5.69. The van der Waals surface area contributed by atoms with E-state index in [4.69, 9.17) is 23.7 Å². The topological polar surface area (TPSA) is 114 Å². The molecule has 216 valence electrons. The Morgan fingerprint density at radius 1 is 0.690 bits per heavy atom. The Labute approximate surface area is 243 Å². The molecule has 0 aromatic heterocycles. The Balaban J connectivity index is 1.70. The lowest BCUT2D eigenvalue weighted by Crippen LogP contribution is -2.13.